The summed E-state index contributed by atoms with van der Waals surface area (Å²) in [6, 6.07) is 17.8. The third kappa shape index (κ3) is 4.06. The molecule has 3 aromatic rings. The number of thioether (sulfide) groups is 1. The molecule has 27 heavy (non-hydrogen) atoms. The van der Waals surface area contributed by atoms with Gasteiger partial charge >= 0.3 is 0 Å². The van der Waals surface area contributed by atoms with Crippen molar-refractivity contribution in [1.29, 1.82) is 5.26 Å². The molecule has 0 radical (unpaired) electrons. The Balaban J connectivity index is 2.13. The van der Waals surface area contributed by atoms with Gasteiger partial charge in [0.25, 0.3) is 5.56 Å². The standard InChI is InChI=1S/C22H23N3OS/c1-4-16(3)17-9-11-18(12-10-17)25-21(26)19-7-5-6-8-20(19)24-22(25)27-14-15(2)13-23/h5-12,15-16H,4,14H2,1-3H3/t15-,16-/m0/s1. The fourth-order valence-corrected chi connectivity index (χ4v) is 3.82. The summed E-state index contributed by atoms with van der Waals surface area (Å²) in [5, 5.41) is 10.3. The maximum Gasteiger partial charge on any atom is 0.266 e. The highest BCUT2D eigenvalue weighted by molar-refractivity contribution is 7.99. The molecule has 0 spiro atoms. The topological polar surface area (TPSA) is 58.7 Å². The van der Waals surface area contributed by atoms with E-state index in [1.165, 1.54) is 17.3 Å². The van der Waals surface area contributed by atoms with Crippen molar-refractivity contribution in [3.8, 4) is 11.8 Å². The van der Waals surface area contributed by atoms with Crippen LogP contribution in [0.15, 0.2) is 58.5 Å². The third-order valence-corrected chi connectivity index (χ3v) is 5.96. The van der Waals surface area contributed by atoms with E-state index in [0.29, 0.717) is 27.7 Å². The molecule has 0 bridgehead atoms. The first-order valence-corrected chi connectivity index (χ1v) is 10.2. The van der Waals surface area contributed by atoms with Gasteiger partial charge in [0.2, 0.25) is 0 Å². The van der Waals surface area contributed by atoms with Gasteiger partial charge in [-0.05, 0) is 49.1 Å². The predicted octanol–water partition coefficient (Wildman–Crippen LogP) is 5.15. The van der Waals surface area contributed by atoms with Crippen LogP contribution in [0.3, 0.4) is 0 Å². The van der Waals surface area contributed by atoms with E-state index in [2.05, 4.69) is 32.0 Å². The zero-order chi connectivity index (χ0) is 19.4. The van der Waals surface area contributed by atoms with Gasteiger partial charge in [0.15, 0.2) is 5.16 Å². The summed E-state index contributed by atoms with van der Waals surface area (Å²) in [6.45, 7) is 6.24. The van der Waals surface area contributed by atoms with Crippen LogP contribution in [0.4, 0.5) is 0 Å². The van der Waals surface area contributed by atoms with Crippen LogP contribution in [0.5, 0.6) is 0 Å². The van der Waals surface area contributed by atoms with Crippen molar-refractivity contribution < 1.29 is 0 Å². The predicted molar refractivity (Wildman–Crippen MR) is 112 cm³/mol. The molecule has 0 fully saturated rings. The molecule has 138 valence electrons. The van der Waals surface area contributed by atoms with Crippen LogP contribution in [-0.4, -0.2) is 15.3 Å². The molecule has 0 unspecified atom stereocenters. The normalized spacial score (nSPS) is 13.3. The number of aromatic nitrogens is 2. The molecule has 0 saturated heterocycles. The van der Waals surface area contributed by atoms with E-state index >= 15 is 0 Å². The van der Waals surface area contributed by atoms with Gasteiger partial charge in [-0.25, -0.2) is 4.98 Å². The van der Waals surface area contributed by atoms with E-state index in [9.17, 15) is 4.79 Å². The van der Waals surface area contributed by atoms with Gasteiger partial charge in [-0.15, -0.1) is 0 Å². The Morgan fingerprint density at radius 3 is 2.52 bits per heavy atom. The zero-order valence-corrected chi connectivity index (χ0v) is 16.7. The molecule has 1 heterocycles. The zero-order valence-electron chi connectivity index (χ0n) is 15.8. The molecule has 4 nitrogen and oxygen atoms in total. The molecule has 1 aromatic heterocycles. The summed E-state index contributed by atoms with van der Waals surface area (Å²) >= 11 is 1.45. The quantitative estimate of drug-likeness (QED) is 0.440. The van der Waals surface area contributed by atoms with E-state index < -0.39 is 0 Å². The van der Waals surface area contributed by atoms with Gasteiger partial charge in [-0.3, -0.25) is 9.36 Å². The first-order valence-electron chi connectivity index (χ1n) is 9.19. The molecule has 3 rings (SSSR count). The highest BCUT2D eigenvalue weighted by Gasteiger charge is 2.15. The summed E-state index contributed by atoms with van der Waals surface area (Å²) in [7, 11) is 0. The maximum atomic E-state index is 13.2. The number of hydrogen-bond acceptors (Lipinski definition) is 4. The monoisotopic (exact) mass is 377 g/mol. The number of benzene rings is 2. The summed E-state index contributed by atoms with van der Waals surface area (Å²) < 4.78 is 1.66. The van der Waals surface area contributed by atoms with E-state index in [1.807, 2.05) is 37.3 Å². The largest absolute Gasteiger partial charge is 0.268 e. The lowest BCUT2D eigenvalue weighted by atomic mass is 9.98. The lowest BCUT2D eigenvalue weighted by Crippen LogP contribution is -2.22. The SMILES string of the molecule is CC[C@H](C)c1ccc(-n2c(SC[C@@H](C)C#N)nc3ccccc3c2=O)cc1. The Bertz CT molecular complexity index is 1030. The first-order chi connectivity index (χ1) is 13.0. The lowest BCUT2D eigenvalue weighted by molar-refractivity contribution is 0.732. The van der Waals surface area contributed by atoms with E-state index in [-0.39, 0.29) is 11.5 Å². The lowest BCUT2D eigenvalue weighted by Gasteiger charge is -2.15. The first kappa shape index (κ1) is 19.2. The molecule has 0 aliphatic rings. The molecular weight excluding hydrogens is 354 g/mol. The Morgan fingerprint density at radius 2 is 1.85 bits per heavy atom. The van der Waals surface area contributed by atoms with E-state index in [1.54, 1.807) is 10.6 Å². The molecule has 0 saturated carbocycles. The molecule has 0 aliphatic carbocycles. The van der Waals surface area contributed by atoms with Crippen LogP contribution >= 0.6 is 11.8 Å². The minimum Gasteiger partial charge on any atom is -0.268 e. The number of nitrogens with zero attached hydrogens (tertiary/aromatic N) is 3. The highest BCUT2D eigenvalue weighted by atomic mass is 32.2. The van der Waals surface area contributed by atoms with Gasteiger partial charge in [-0.2, -0.15) is 5.26 Å². The Kier molecular flexibility index (Phi) is 5.98. The van der Waals surface area contributed by atoms with Crippen molar-refractivity contribution in [3.05, 3.63) is 64.4 Å². The number of nitriles is 1. The van der Waals surface area contributed by atoms with Crippen LogP contribution in [0.25, 0.3) is 16.6 Å². The smallest absolute Gasteiger partial charge is 0.266 e. The molecule has 0 N–H and O–H groups in total. The van der Waals surface area contributed by atoms with Gasteiger partial charge in [0, 0.05) is 5.75 Å². The van der Waals surface area contributed by atoms with E-state index in [0.717, 1.165) is 12.1 Å². The minimum atomic E-state index is -0.111. The number of fused-ring (bicyclic) bond motifs is 1. The fourth-order valence-electron chi connectivity index (χ4n) is 2.86. The second-order valence-electron chi connectivity index (χ2n) is 6.79. The van der Waals surface area contributed by atoms with Crippen LogP contribution < -0.4 is 5.56 Å². The maximum absolute atomic E-state index is 13.2. The average molecular weight is 378 g/mol. The number of hydrogen-bond donors (Lipinski definition) is 0. The summed E-state index contributed by atoms with van der Waals surface area (Å²) in [6.07, 6.45) is 1.07. The Morgan fingerprint density at radius 1 is 1.15 bits per heavy atom. The molecule has 5 heteroatoms. The molecule has 2 aromatic carbocycles. The van der Waals surface area contributed by atoms with Crippen molar-refractivity contribution in [3.63, 3.8) is 0 Å². The molecular formula is C22H23N3OS. The second kappa shape index (κ2) is 8.41. The van der Waals surface area contributed by atoms with Crippen molar-refractivity contribution >= 4 is 22.7 Å². The number of rotatable bonds is 6. The highest BCUT2D eigenvalue weighted by Crippen LogP contribution is 2.25. The summed E-state index contributed by atoms with van der Waals surface area (Å²) in [5.74, 6) is 0.960. The summed E-state index contributed by atoms with van der Waals surface area (Å²) in [4.78, 5) is 17.9. The van der Waals surface area contributed by atoms with Gasteiger partial charge < -0.3 is 0 Å². The van der Waals surface area contributed by atoms with Crippen molar-refractivity contribution in [2.24, 2.45) is 5.92 Å². The van der Waals surface area contributed by atoms with Gasteiger partial charge in [-0.1, -0.05) is 49.9 Å². The van der Waals surface area contributed by atoms with Gasteiger partial charge in [0.05, 0.1) is 28.6 Å². The minimum absolute atomic E-state index is 0.0796. The van der Waals surface area contributed by atoms with Crippen molar-refractivity contribution in [2.75, 3.05) is 5.75 Å². The van der Waals surface area contributed by atoms with Crippen LogP contribution in [0, 0.1) is 17.2 Å². The molecule has 0 amide bonds. The van der Waals surface area contributed by atoms with Crippen molar-refractivity contribution in [2.45, 2.75) is 38.3 Å². The average Bonchev–Trinajstić information content (AvgIpc) is 2.71. The van der Waals surface area contributed by atoms with Crippen LogP contribution in [0.1, 0.15) is 38.7 Å². The number of para-hydroxylation sites is 1. The molecule has 2 atom stereocenters. The fraction of sp³-hybridized carbons (Fsp3) is 0.318. The van der Waals surface area contributed by atoms with Crippen LogP contribution in [0.2, 0.25) is 0 Å². The second-order valence-corrected chi connectivity index (χ2v) is 7.78. The Labute approximate surface area is 163 Å². The summed E-state index contributed by atoms with van der Waals surface area (Å²) in [5.41, 5.74) is 2.67. The van der Waals surface area contributed by atoms with Gasteiger partial charge in [0.1, 0.15) is 0 Å². The van der Waals surface area contributed by atoms with Crippen LogP contribution in [-0.2, 0) is 0 Å². The van der Waals surface area contributed by atoms with Crippen molar-refractivity contribution in [1.82, 2.24) is 9.55 Å². The molecule has 0 aliphatic heterocycles. The third-order valence-electron chi connectivity index (χ3n) is 4.76. The Hall–Kier alpha value is -2.58. The van der Waals surface area contributed by atoms with E-state index in [4.69, 9.17) is 10.2 Å².